The third kappa shape index (κ3) is 4.12. The SMILES string of the molecule is CCOC(=O)NNC(=O)[C@@H](C)c1ccc2cc(OC)ccc2c1. The van der Waals surface area contributed by atoms with Gasteiger partial charge in [-0.25, -0.2) is 10.2 Å². The van der Waals surface area contributed by atoms with Crippen LogP contribution in [0.3, 0.4) is 0 Å². The first-order valence-electron chi connectivity index (χ1n) is 7.35. The molecule has 0 unspecified atom stereocenters. The quantitative estimate of drug-likeness (QED) is 0.850. The number of carbonyl (C=O) groups excluding carboxylic acids is 2. The van der Waals surface area contributed by atoms with Crippen LogP contribution in [0.2, 0.25) is 0 Å². The van der Waals surface area contributed by atoms with Gasteiger partial charge in [0.1, 0.15) is 5.75 Å². The van der Waals surface area contributed by atoms with Crippen LogP contribution in [0.5, 0.6) is 5.75 Å². The number of amides is 2. The molecule has 0 fully saturated rings. The summed E-state index contributed by atoms with van der Waals surface area (Å²) in [6, 6.07) is 11.5. The van der Waals surface area contributed by atoms with E-state index < -0.39 is 12.0 Å². The van der Waals surface area contributed by atoms with Gasteiger partial charge in [0.05, 0.1) is 19.6 Å². The van der Waals surface area contributed by atoms with Crippen molar-refractivity contribution in [2.45, 2.75) is 19.8 Å². The molecule has 2 amide bonds. The Bertz CT molecular complexity index is 715. The lowest BCUT2D eigenvalue weighted by molar-refractivity contribution is -0.123. The fourth-order valence-electron chi connectivity index (χ4n) is 2.18. The number of hydrazine groups is 1. The Morgan fingerprint density at radius 2 is 1.78 bits per heavy atom. The van der Waals surface area contributed by atoms with Crippen molar-refractivity contribution in [3.63, 3.8) is 0 Å². The normalized spacial score (nSPS) is 11.6. The minimum absolute atomic E-state index is 0.241. The molecular weight excluding hydrogens is 296 g/mol. The van der Waals surface area contributed by atoms with Crippen LogP contribution in [0.25, 0.3) is 10.8 Å². The second-order valence-corrected chi connectivity index (χ2v) is 5.03. The maximum Gasteiger partial charge on any atom is 0.426 e. The van der Waals surface area contributed by atoms with Crippen LogP contribution in [0, 0.1) is 0 Å². The van der Waals surface area contributed by atoms with Crippen LogP contribution >= 0.6 is 0 Å². The van der Waals surface area contributed by atoms with Gasteiger partial charge in [-0.05, 0) is 42.3 Å². The minimum atomic E-state index is -0.682. The molecule has 6 nitrogen and oxygen atoms in total. The molecule has 0 spiro atoms. The van der Waals surface area contributed by atoms with Gasteiger partial charge < -0.3 is 9.47 Å². The van der Waals surface area contributed by atoms with Gasteiger partial charge in [0.2, 0.25) is 5.91 Å². The van der Waals surface area contributed by atoms with Gasteiger partial charge in [-0.2, -0.15) is 0 Å². The molecule has 2 rings (SSSR count). The number of nitrogens with one attached hydrogen (secondary N) is 2. The highest BCUT2D eigenvalue weighted by Crippen LogP contribution is 2.25. The number of carbonyl (C=O) groups is 2. The molecule has 0 bridgehead atoms. The van der Waals surface area contributed by atoms with Crippen molar-refractivity contribution in [1.82, 2.24) is 10.9 Å². The molecule has 0 radical (unpaired) electrons. The topological polar surface area (TPSA) is 76.7 Å². The van der Waals surface area contributed by atoms with E-state index in [0.717, 1.165) is 22.1 Å². The summed E-state index contributed by atoms with van der Waals surface area (Å²) in [7, 11) is 1.62. The predicted octanol–water partition coefficient (Wildman–Crippen LogP) is 2.73. The van der Waals surface area contributed by atoms with E-state index in [1.54, 1.807) is 21.0 Å². The van der Waals surface area contributed by atoms with E-state index in [2.05, 4.69) is 15.6 Å². The van der Waals surface area contributed by atoms with Crippen LogP contribution in [0.1, 0.15) is 25.3 Å². The first-order valence-corrected chi connectivity index (χ1v) is 7.35. The first kappa shape index (κ1) is 16.6. The fourth-order valence-corrected chi connectivity index (χ4v) is 2.18. The number of benzene rings is 2. The summed E-state index contributed by atoms with van der Waals surface area (Å²) < 4.78 is 9.88. The van der Waals surface area contributed by atoms with Crippen LogP contribution in [0.15, 0.2) is 36.4 Å². The highest BCUT2D eigenvalue weighted by atomic mass is 16.6. The third-order valence-corrected chi connectivity index (χ3v) is 3.53. The molecule has 2 aromatic rings. The molecule has 0 aliphatic rings. The minimum Gasteiger partial charge on any atom is -0.497 e. The van der Waals surface area contributed by atoms with Crippen LogP contribution < -0.4 is 15.6 Å². The largest absolute Gasteiger partial charge is 0.497 e. The van der Waals surface area contributed by atoms with Crippen molar-refractivity contribution in [2.75, 3.05) is 13.7 Å². The monoisotopic (exact) mass is 316 g/mol. The number of methoxy groups -OCH3 is 1. The van der Waals surface area contributed by atoms with E-state index in [9.17, 15) is 9.59 Å². The summed E-state index contributed by atoms with van der Waals surface area (Å²) >= 11 is 0. The molecular formula is C17H20N2O4. The average molecular weight is 316 g/mol. The zero-order valence-electron chi connectivity index (χ0n) is 13.4. The molecule has 0 aliphatic carbocycles. The molecule has 122 valence electrons. The summed E-state index contributed by atoms with van der Waals surface area (Å²) in [5.41, 5.74) is 5.41. The number of rotatable bonds is 4. The molecule has 2 N–H and O–H groups in total. The Kier molecular flexibility index (Phi) is 5.41. The van der Waals surface area contributed by atoms with E-state index >= 15 is 0 Å². The molecule has 0 saturated carbocycles. The maximum absolute atomic E-state index is 12.1. The third-order valence-electron chi connectivity index (χ3n) is 3.53. The predicted molar refractivity (Wildman–Crippen MR) is 87.2 cm³/mol. The highest BCUT2D eigenvalue weighted by Gasteiger charge is 2.16. The van der Waals surface area contributed by atoms with Gasteiger partial charge >= 0.3 is 6.09 Å². The molecule has 1 atom stereocenters. The van der Waals surface area contributed by atoms with Gasteiger partial charge in [-0.3, -0.25) is 10.2 Å². The molecule has 0 aromatic heterocycles. The average Bonchev–Trinajstić information content (AvgIpc) is 2.58. The Morgan fingerprint density at radius 3 is 2.48 bits per heavy atom. The number of ether oxygens (including phenoxy) is 2. The molecule has 0 aliphatic heterocycles. The van der Waals surface area contributed by atoms with E-state index in [1.165, 1.54) is 0 Å². The van der Waals surface area contributed by atoms with Gasteiger partial charge in [0.15, 0.2) is 0 Å². The summed E-state index contributed by atoms with van der Waals surface area (Å²) in [5, 5.41) is 2.05. The van der Waals surface area contributed by atoms with Gasteiger partial charge in [0.25, 0.3) is 0 Å². The van der Waals surface area contributed by atoms with Crippen molar-refractivity contribution in [3.8, 4) is 5.75 Å². The Balaban J connectivity index is 2.09. The lowest BCUT2D eigenvalue weighted by Gasteiger charge is -2.14. The van der Waals surface area contributed by atoms with E-state index in [1.807, 2.05) is 36.4 Å². The summed E-state index contributed by atoms with van der Waals surface area (Å²) in [5.74, 6) is 0.0593. The standard InChI is InChI=1S/C17H20N2O4/c1-4-23-17(21)19-18-16(20)11(2)12-5-6-14-10-15(22-3)8-7-13(14)9-12/h5-11H,4H2,1-3H3,(H,18,20)(H,19,21)/t11-/m0/s1. The number of fused-ring (bicyclic) bond motifs is 1. The maximum atomic E-state index is 12.1. The summed E-state index contributed by atoms with van der Waals surface area (Å²) in [4.78, 5) is 23.3. The van der Waals surface area contributed by atoms with E-state index in [0.29, 0.717) is 0 Å². The molecule has 2 aromatic carbocycles. The summed E-state index contributed by atoms with van der Waals surface area (Å²) in [6.07, 6.45) is -0.682. The van der Waals surface area contributed by atoms with Gasteiger partial charge in [-0.15, -0.1) is 0 Å². The lowest BCUT2D eigenvalue weighted by atomic mass is 9.97. The van der Waals surface area contributed by atoms with E-state index in [4.69, 9.17) is 4.74 Å². The molecule has 0 saturated heterocycles. The second kappa shape index (κ2) is 7.49. The Morgan fingerprint density at radius 1 is 1.09 bits per heavy atom. The van der Waals surface area contributed by atoms with Crippen molar-refractivity contribution in [1.29, 1.82) is 0 Å². The van der Waals surface area contributed by atoms with Gasteiger partial charge in [-0.1, -0.05) is 24.3 Å². The number of hydrogen-bond donors (Lipinski definition) is 2. The van der Waals surface area contributed by atoms with Crippen molar-refractivity contribution in [2.24, 2.45) is 0 Å². The Labute approximate surface area is 134 Å². The van der Waals surface area contributed by atoms with E-state index in [-0.39, 0.29) is 12.5 Å². The lowest BCUT2D eigenvalue weighted by Crippen LogP contribution is -2.43. The van der Waals surface area contributed by atoms with Crippen LogP contribution in [-0.4, -0.2) is 25.7 Å². The smallest absolute Gasteiger partial charge is 0.426 e. The van der Waals surface area contributed by atoms with Crippen molar-refractivity contribution < 1.29 is 19.1 Å². The molecule has 0 heterocycles. The zero-order chi connectivity index (χ0) is 16.8. The highest BCUT2D eigenvalue weighted by molar-refractivity contribution is 5.88. The molecule has 23 heavy (non-hydrogen) atoms. The van der Waals surface area contributed by atoms with Crippen LogP contribution in [-0.2, 0) is 9.53 Å². The van der Waals surface area contributed by atoms with Crippen LogP contribution in [0.4, 0.5) is 4.79 Å². The molecule has 6 heteroatoms. The fraction of sp³-hybridized carbons (Fsp3) is 0.294. The second-order valence-electron chi connectivity index (χ2n) is 5.03. The number of hydrogen-bond acceptors (Lipinski definition) is 4. The van der Waals surface area contributed by atoms with Crippen molar-refractivity contribution in [3.05, 3.63) is 42.0 Å². The zero-order valence-corrected chi connectivity index (χ0v) is 13.4. The van der Waals surface area contributed by atoms with Crippen molar-refractivity contribution >= 4 is 22.8 Å². The summed E-state index contributed by atoms with van der Waals surface area (Å²) in [6.45, 7) is 3.70. The Hall–Kier alpha value is -2.76. The first-order chi connectivity index (χ1) is 11.0. The van der Waals surface area contributed by atoms with Gasteiger partial charge in [0, 0.05) is 0 Å².